The first kappa shape index (κ1) is 15.9. The highest BCUT2D eigenvalue weighted by Gasteiger charge is 2.22. The molecule has 0 aliphatic rings. The molecular weight excluding hydrogens is 302 g/mol. The zero-order chi connectivity index (χ0) is 16.1. The third-order valence-corrected chi connectivity index (χ3v) is 4.11. The predicted molar refractivity (Wildman–Crippen MR) is 84.1 cm³/mol. The van der Waals surface area contributed by atoms with Crippen molar-refractivity contribution in [3.63, 3.8) is 0 Å². The van der Waals surface area contributed by atoms with Crippen LogP contribution in [0.15, 0.2) is 52.3 Å². The number of esters is 2. The van der Waals surface area contributed by atoms with Crippen LogP contribution in [0.5, 0.6) is 0 Å². The lowest BCUT2D eigenvalue weighted by atomic mass is 10.1. The molecule has 0 spiro atoms. The van der Waals surface area contributed by atoms with Crippen LogP contribution >= 0.6 is 11.8 Å². The minimum Gasteiger partial charge on any atom is -0.465 e. The molecule has 0 radical (unpaired) electrons. The van der Waals surface area contributed by atoms with E-state index in [1.165, 1.54) is 32.0 Å². The van der Waals surface area contributed by atoms with E-state index in [4.69, 9.17) is 15.2 Å². The minimum absolute atomic E-state index is 0.161. The molecule has 0 bridgehead atoms. The first-order valence-corrected chi connectivity index (χ1v) is 7.22. The lowest BCUT2D eigenvalue weighted by Gasteiger charge is -2.12. The highest BCUT2D eigenvalue weighted by Crippen LogP contribution is 2.35. The Kier molecular flexibility index (Phi) is 5.06. The maximum absolute atomic E-state index is 12.1. The maximum atomic E-state index is 12.1. The molecule has 0 aromatic heterocycles. The van der Waals surface area contributed by atoms with E-state index in [-0.39, 0.29) is 11.1 Å². The van der Waals surface area contributed by atoms with Crippen molar-refractivity contribution in [1.82, 2.24) is 0 Å². The smallest absolute Gasteiger partial charge is 0.339 e. The Bertz CT molecular complexity index is 715. The van der Waals surface area contributed by atoms with Gasteiger partial charge < -0.3 is 15.2 Å². The first-order valence-electron chi connectivity index (χ1n) is 6.40. The molecule has 0 aliphatic carbocycles. The number of carbonyl (C=O) groups is 2. The summed E-state index contributed by atoms with van der Waals surface area (Å²) in [5, 5.41) is 0. The van der Waals surface area contributed by atoms with Gasteiger partial charge in [0.25, 0.3) is 0 Å². The number of nitrogens with two attached hydrogens (primary N) is 1. The second-order valence-corrected chi connectivity index (χ2v) is 5.39. The highest BCUT2D eigenvalue weighted by atomic mass is 32.2. The van der Waals surface area contributed by atoms with Gasteiger partial charge in [-0.15, -0.1) is 0 Å². The van der Waals surface area contributed by atoms with Crippen LogP contribution in [0.25, 0.3) is 0 Å². The summed E-state index contributed by atoms with van der Waals surface area (Å²) in [6, 6.07) is 12.2. The molecule has 0 saturated carbocycles. The van der Waals surface area contributed by atoms with Crippen molar-refractivity contribution in [2.24, 2.45) is 0 Å². The summed E-state index contributed by atoms with van der Waals surface area (Å²) in [6.07, 6.45) is 0. The molecule has 0 fully saturated rings. The van der Waals surface area contributed by atoms with Crippen molar-refractivity contribution < 1.29 is 19.1 Å². The fourth-order valence-corrected chi connectivity index (χ4v) is 2.91. The number of anilines is 1. The molecule has 0 heterocycles. The second-order valence-electron chi connectivity index (χ2n) is 4.30. The lowest BCUT2D eigenvalue weighted by Crippen LogP contribution is -2.13. The average molecular weight is 317 g/mol. The Morgan fingerprint density at radius 3 is 2.18 bits per heavy atom. The van der Waals surface area contributed by atoms with Gasteiger partial charge in [0, 0.05) is 15.5 Å². The number of hydrogen-bond acceptors (Lipinski definition) is 6. The van der Waals surface area contributed by atoms with E-state index >= 15 is 0 Å². The topological polar surface area (TPSA) is 78.6 Å². The Morgan fingerprint density at radius 2 is 1.55 bits per heavy atom. The molecule has 22 heavy (non-hydrogen) atoms. The van der Waals surface area contributed by atoms with Crippen molar-refractivity contribution in [3.05, 3.63) is 53.6 Å². The molecular formula is C16H15NO4S. The quantitative estimate of drug-likeness (QED) is 0.690. The van der Waals surface area contributed by atoms with Crippen LogP contribution in [0.2, 0.25) is 0 Å². The summed E-state index contributed by atoms with van der Waals surface area (Å²) in [7, 11) is 2.53. The molecule has 6 heteroatoms. The third-order valence-electron chi connectivity index (χ3n) is 2.96. The van der Waals surface area contributed by atoms with E-state index in [1.54, 1.807) is 18.2 Å². The second kappa shape index (κ2) is 7.00. The average Bonchev–Trinajstić information content (AvgIpc) is 2.55. The Morgan fingerprint density at radius 1 is 0.909 bits per heavy atom. The van der Waals surface area contributed by atoms with Gasteiger partial charge in [0.1, 0.15) is 0 Å². The van der Waals surface area contributed by atoms with Crippen LogP contribution in [-0.4, -0.2) is 26.2 Å². The largest absolute Gasteiger partial charge is 0.465 e. The van der Waals surface area contributed by atoms with Crippen LogP contribution in [0, 0.1) is 0 Å². The number of carbonyl (C=O) groups excluding carboxylic acids is 2. The molecule has 5 nitrogen and oxygen atoms in total. The number of methoxy groups -OCH3 is 2. The summed E-state index contributed by atoms with van der Waals surface area (Å²) in [6.45, 7) is 0. The monoisotopic (exact) mass is 317 g/mol. The molecule has 0 unspecified atom stereocenters. The van der Waals surface area contributed by atoms with Gasteiger partial charge in [0.15, 0.2) is 0 Å². The molecule has 2 aromatic rings. The lowest BCUT2D eigenvalue weighted by molar-refractivity contribution is 0.0552. The number of hydrogen-bond donors (Lipinski definition) is 1. The molecule has 0 atom stereocenters. The Labute approximate surface area is 132 Å². The third kappa shape index (κ3) is 3.23. The summed E-state index contributed by atoms with van der Waals surface area (Å²) in [4.78, 5) is 25.3. The zero-order valence-corrected chi connectivity index (χ0v) is 13.0. The van der Waals surface area contributed by atoms with Crippen LogP contribution in [0.1, 0.15) is 20.7 Å². The molecule has 0 saturated heterocycles. The van der Waals surface area contributed by atoms with Gasteiger partial charge >= 0.3 is 11.9 Å². The van der Waals surface area contributed by atoms with E-state index in [9.17, 15) is 9.59 Å². The van der Waals surface area contributed by atoms with Gasteiger partial charge in [-0.3, -0.25) is 0 Å². The van der Waals surface area contributed by atoms with Crippen LogP contribution in [0.4, 0.5) is 5.69 Å². The van der Waals surface area contributed by atoms with Crippen LogP contribution in [-0.2, 0) is 9.47 Å². The van der Waals surface area contributed by atoms with Crippen molar-refractivity contribution in [2.75, 3.05) is 20.0 Å². The number of rotatable bonds is 4. The zero-order valence-electron chi connectivity index (χ0n) is 12.2. The van der Waals surface area contributed by atoms with Gasteiger partial charge in [-0.1, -0.05) is 30.0 Å². The van der Waals surface area contributed by atoms with Crippen molar-refractivity contribution in [1.29, 1.82) is 0 Å². The number of benzene rings is 2. The van der Waals surface area contributed by atoms with Crippen LogP contribution in [0.3, 0.4) is 0 Å². The summed E-state index contributed by atoms with van der Waals surface area (Å²) >= 11 is 1.29. The standard InChI is InChI=1S/C16H15NO4S/c1-20-15(18)10-6-5-9-13(14(10)16(19)21-2)22-12-8-4-3-7-11(12)17/h3-9H,17H2,1-2H3. The Balaban J connectivity index is 2.53. The molecule has 2 rings (SSSR count). The van der Waals surface area contributed by atoms with E-state index in [0.717, 1.165) is 4.90 Å². The molecule has 2 N–H and O–H groups in total. The predicted octanol–water partition coefficient (Wildman–Crippen LogP) is 2.99. The van der Waals surface area contributed by atoms with E-state index in [2.05, 4.69) is 0 Å². The summed E-state index contributed by atoms with van der Waals surface area (Å²) in [5.74, 6) is -1.19. The van der Waals surface area contributed by atoms with Crippen molar-refractivity contribution in [2.45, 2.75) is 9.79 Å². The van der Waals surface area contributed by atoms with E-state index in [1.807, 2.05) is 18.2 Å². The number of para-hydroxylation sites is 1. The Hall–Kier alpha value is -2.47. The van der Waals surface area contributed by atoms with Gasteiger partial charge in [-0.25, -0.2) is 9.59 Å². The minimum atomic E-state index is -0.599. The fraction of sp³-hybridized carbons (Fsp3) is 0.125. The molecule has 0 aliphatic heterocycles. The van der Waals surface area contributed by atoms with Crippen LogP contribution < -0.4 is 5.73 Å². The SMILES string of the molecule is COC(=O)c1cccc(Sc2ccccc2N)c1C(=O)OC. The number of ether oxygens (including phenoxy) is 2. The number of nitrogen functional groups attached to an aromatic ring is 1. The van der Waals surface area contributed by atoms with Gasteiger partial charge in [0.05, 0.1) is 25.3 Å². The van der Waals surface area contributed by atoms with E-state index < -0.39 is 11.9 Å². The van der Waals surface area contributed by atoms with E-state index in [0.29, 0.717) is 10.6 Å². The summed E-state index contributed by atoms with van der Waals surface area (Å²) < 4.78 is 9.51. The molecule has 114 valence electrons. The maximum Gasteiger partial charge on any atom is 0.339 e. The fourth-order valence-electron chi connectivity index (χ4n) is 1.90. The normalized spacial score (nSPS) is 10.1. The van der Waals surface area contributed by atoms with Gasteiger partial charge in [0.2, 0.25) is 0 Å². The molecule has 0 amide bonds. The molecule has 2 aromatic carbocycles. The van der Waals surface area contributed by atoms with Crippen molar-refractivity contribution >= 4 is 29.4 Å². The van der Waals surface area contributed by atoms with Gasteiger partial charge in [-0.05, 0) is 24.3 Å². The van der Waals surface area contributed by atoms with Crippen molar-refractivity contribution in [3.8, 4) is 0 Å². The summed E-state index contributed by atoms with van der Waals surface area (Å²) in [5.41, 5.74) is 6.84. The highest BCUT2D eigenvalue weighted by molar-refractivity contribution is 7.99. The van der Waals surface area contributed by atoms with Gasteiger partial charge in [-0.2, -0.15) is 0 Å². The first-order chi connectivity index (χ1) is 10.6.